The molecule has 0 aliphatic rings. The van der Waals surface area contributed by atoms with Gasteiger partial charge in [0.05, 0.1) is 10.6 Å². The van der Waals surface area contributed by atoms with Crippen molar-refractivity contribution in [3.8, 4) is 5.75 Å². The minimum Gasteiger partial charge on any atom is -0.506 e. The minimum atomic E-state index is -0.572. The van der Waals surface area contributed by atoms with E-state index in [4.69, 9.17) is 0 Å². The van der Waals surface area contributed by atoms with Crippen molar-refractivity contribution in [3.05, 3.63) is 28.3 Å². The zero-order valence-electron chi connectivity index (χ0n) is 12.8. The molecule has 1 unspecified atom stereocenters. The third-order valence-corrected chi connectivity index (χ3v) is 2.96. The highest BCUT2D eigenvalue weighted by Gasteiger charge is 2.19. The summed E-state index contributed by atoms with van der Waals surface area (Å²) in [4.78, 5) is 22.1. The summed E-state index contributed by atoms with van der Waals surface area (Å²) in [5.41, 5.74) is 0.0240. The molecule has 1 aromatic carbocycles. The third kappa shape index (κ3) is 5.81. The number of aromatic hydroxyl groups is 1. The van der Waals surface area contributed by atoms with Gasteiger partial charge in [-0.3, -0.25) is 14.9 Å². The number of amides is 1. The van der Waals surface area contributed by atoms with Crippen molar-refractivity contribution in [1.29, 1.82) is 0 Å². The quantitative estimate of drug-likeness (QED) is 0.492. The van der Waals surface area contributed by atoms with Crippen LogP contribution in [0.3, 0.4) is 0 Å². The lowest BCUT2D eigenvalue weighted by molar-refractivity contribution is -0.384. The van der Waals surface area contributed by atoms with Gasteiger partial charge in [0, 0.05) is 18.6 Å². The van der Waals surface area contributed by atoms with E-state index in [1.54, 1.807) is 0 Å². The van der Waals surface area contributed by atoms with Gasteiger partial charge in [-0.15, -0.1) is 0 Å². The standard InChI is InChI=1S/C15H22N2O4/c1-10(9-15(2,3)4)7-14(19)16-12-8-11(17(20)21)5-6-13(12)18/h5-6,8,10,18H,7,9H2,1-4H3,(H,16,19). The number of nitrogens with one attached hydrogen (secondary N) is 1. The fraction of sp³-hybridized carbons (Fsp3) is 0.533. The van der Waals surface area contributed by atoms with Gasteiger partial charge in [-0.25, -0.2) is 0 Å². The second-order valence-corrected chi connectivity index (χ2v) is 6.58. The largest absolute Gasteiger partial charge is 0.506 e. The maximum absolute atomic E-state index is 12.0. The highest BCUT2D eigenvalue weighted by atomic mass is 16.6. The van der Waals surface area contributed by atoms with Crippen molar-refractivity contribution < 1.29 is 14.8 Å². The molecule has 6 nitrogen and oxygen atoms in total. The number of carbonyl (C=O) groups is 1. The molecule has 0 aliphatic carbocycles. The SMILES string of the molecule is CC(CC(=O)Nc1cc([N+](=O)[O-])ccc1O)CC(C)(C)C. The molecule has 1 aromatic rings. The van der Waals surface area contributed by atoms with Crippen LogP contribution >= 0.6 is 0 Å². The van der Waals surface area contributed by atoms with Gasteiger partial charge in [0.25, 0.3) is 5.69 Å². The topological polar surface area (TPSA) is 92.5 Å². The van der Waals surface area contributed by atoms with E-state index in [2.05, 4.69) is 26.1 Å². The number of nitro groups is 1. The number of nitro benzene ring substituents is 1. The average molecular weight is 294 g/mol. The third-order valence-electron chi connectivity index (χ3n) is 2.96. The average Bonchev–Trinajstić information content (AvgIpc) is 2.28. The molecule has 1 atom stereocenters. The summed E-state index contributed by atoms with van der Waals surface area (Å²) in [6.45, 7) is 8.30. The van der Waals surface area contributed by atoms with Crippen molar-refractivity contribution in [2.45, 2.75) is 40.5 Å². The monoisotopic (exact) mass is 294 g/mol. The van der Waals surface area contributed by atoms with E-state index in [1.807, 2.05) is 6.92 Å². The lowest BCUT2D eigenvalue weighted by atomic mass is 9.84. The van der Waals surface area contributed by atoms with Crippen molar-refractivity contribution in [2.75, 3.05) is 5.32 Å². The molecule has 0 aromatic heterocycles. The smallest absolute Gasteiger partial charge is 0.271 e. The molecule has 0 saturated heterocycles. The molecule has 0 bridgehead atoms. The molecule has 0 spiro atoms. The van der Waals surface area contributed by atoms with Crippen LogP contribution in [-0.2, 0) is 4.79 Å². The Hall–Kier alpha value is -2.11. The van der Waals surface area contributed by atoms with Gasteiger partial charge in [-0.2, -0.15) is 0 Å². The number of benzene rings is 1. The lowest BCUT2D eigenvalue weighted by Crippen LogP contribution is -2.19. The normalized spacial score (nSPS) is 12.8. The van der Waals surface area contributed by atoms with Crippen LogP contribution in [0.1, 0.15) is 40.5 Å². The molecule has 0 radical (unpaired) electrons. The number of phenolic OH excluding ortho intramolecular Hbond substituents is 1. The van der Waals surface area contributed by atoms with Crippen LogP contribution in [0.2, 0.25) is 0 Å². The Morgan fingerprint density at radius 3 is 2.57 bits per heavy atom. The number of carbonyl (C=O) groups excluding carboxylic acids is 1. The molecule has 0 fully saturated rings. The van der Waals surface area contributed by atoms with E-state index in [9.17, 15) is 20.0 Å². The second kappa shape index (κ2) is 6.56. The Bertz CT molecular complexity index is 535. The summed E-state index contributed by atoms with van der Waals surface area (Å²) in [5, 5.41) is 22.9. The number of anilines is 1. The van der Waals surface area contributed by atoms with Gasteiger partial charge in [0.1, 0.15) is 5.75 Å². The summed E-state index contributed by atoms with van der Waals surface area (Å²) >= 11 is 0. The van der Waals surface area contributed by atoms with Crippen LogP contribution in [0.4, 0.5) is 11.4 Å². The molecule has 0 saturated carbocycles. The molecule has 2 N–H and O–H groups in total. The fourth-order valence-corrected chi connectivity index (χ4v) is 2.37. The zero-order chi connectivity index (χ0) is 16.2. The first-order valence-electron chi connectivity index (χ1n) is 6.86. The Morgan fingerprint density at radius 1 is 1.43 bits per heavy atom. The fourth-order valence-electron chi connectivity index (χ4n) is 2.37. The second-order valence-electron chi connectivity index (χ2n) is 6.58. The number of rotatable bonds is 5. The van der Waals surface area contributed by atoms with Gasteiger partial charge in [-0.05, 0) is 23.8 Å². The van der Waals surface area contributed by atoms with Gasteiger partial charge in [0.15, 0.2) is 0 Å². The number of hydrogen-bond donors (Lipinski definition) is 2. The summed E-state index contributed by atoms with van der Waals surface area (Å²) in [6, 6.07) is 3.54. The first kappa shape index (κ1) is 16.9. The minimum absolute atomic E-state index is 0.0668. The summed E-state index contributed by atoms with van der Waals surface area (Å²) < 4.78 is 0. The molecular weight excluding hydrogens is 272 g/mol. The predicted molar refractivity (Wildman–Crippen MR) is 81.2 cm³/mol. The van der Waals surface area contributed by atoms with Gasteiger partial charge in [-0.1, -0.05) is 27.7 Å². The molecule has 6 heteroatoms. The molecule has 1 amide bonds. The predicted octanol–water partition coefficient (Wildman–Crippen LogP) is 3.70. The van der Waals surface area contributed by atoms with Crippen molar-refractivity contribution in [3.63, 3.8) is 0 Å². The molecule has 0 heterocycles. The number of non-ortho nitro benzene ring substituents is 1. The van der Waals surface area contributed by atoms with Gasteiger partial charge in [0.2, 0.25) is 5.91 Å². The van der Waals surface area contributed by atoms with Gasteiger partial charge < -0.3 is 10.4 Å². The Balaban J connectivity index is 2.71. The maximum atomic E-state index is 12.0. The molecule has 0 aliphatic heterocycles. The van der Waals surface area contributed by atoms with E-state index in [0.717, 1.165) is 12.5 Å². The highest BCUT2D eigenvalue weighted by Crippen LogP contribution is 2.29. The first-order chi connectivity index (χ1) is 9.58. The van der Waals surface area contributed by atoms with Crippen LogP contribution in [0, 0.1) is 21.4 Å². The van der Waals surface area contributed by atoms with Gasteiger partial charge >= 0.3 is 0 Å². The van der Waals surface area contributed by atoms with Crippen LogP contribution in [0.25, 0.3) is 0 Å². The zero-order valence-corrected chi connectivity index (χ0v) is 12.8. The number of phenols is 1. The van der Waals surface area contributed by atoms with Crippen molar-refractivity contribution in [1.82, 2.24) is 0 Å². The summed E-state index contributed by atoms with van der Waals surface area (Å²) in [6.07, 6.45) is 1.20. The van der Waals surface area contributed by atoms with Crippen LogP contribution in [-0.4, -0.2) is 15.9 Å². The molecule has 116 valence electrons. The van der Waals surface area contributed by atoms with Crippen LogP contribution < -0.4 is 5.32 Å². The van der Waals surface area contributed by atoms with Crippen molar-refractivity contribution >= 4 is 17.3 Å². The Labute approximate surface area is 124 Å². The summed E-state index contributed by atoms with van der Waals surface area (Å²) in [5.74, 6) is -0.259. The number of nitrogens with zero attached hydrogens (tertiary/aromatic N) is 1. The van der Waals surface area contributed by atoms with Crippen LogP contribution in [0.5, 0.6) is 5.75 Å². The maximum Gasteiger partial charge on any atom is 0.271 e. The van der Waals surface area contributed by atoms with E-state index in [0.29, 0.717) is 6.42 Å². The molecule has 21 heavy (non-hydrogen) atoms. The highest BCUT2D eigenvalue weighted by molar-refractivity contribution is 5.92. The number of hydrogen-bond acceptors (Lipinski definition) is 4. The lowest BCUT2D eigenvalue weighted by Gasteiger charge is -2.22. The van der Waals surface area contributed by atoms with Crippen LogP contribution in [0.15, 0.2) is 18.2 Å². The van der Waals surface area contributed by atoms with E-state index < -0.39 is 4.92 Å². The van der Waals surface area contributed by atoms with E-state index in [-0.39, 0.29) is 34.4 Å². The summed E-state index contributed by atoms with van der Waals surface area (Å²) in [7, 11) is 0. The first-order valence-corrected chi connectivity index (χ1v) is 6.86. The Morgan fingerprint density at radius 2 is 2.05 bits per heavy atom. The van der Waals surface area contributed by atoms with E-state index in [1.165, 1.54) is 12.1 Å². The Kier molecular flexibility index (Phi) is 5.29. The van der Waals surface area contributed by atoms with E-state index >= 15 is 0 Å². The molecular formula is C15H22N2O4. The van der Waals surface area contributed by atoms with Crippen molar-refractivity contribution in [2.24, 2.45) is 11.3 Å². The molecule has 1 rings (SSSR count).